The normalized spacial score (nSPS) is 23.0. The quantitative estimate of drug-likeness (QED) is 0.803. The van der Waals surface area contributed by atoms with Gasteiger partial charge < -0.3 is 9.47 Å². The molecule has 1 fully saturated rings. The van der Waals surface area contributed by atoms with Crippen LogP contribution in [0.2, 0.25) is 0 Å². The summed E-state index contributed by atoms with van der Waals surface area (Å²) in [5.41, 5.74) is 0.623. The van der Waals surface area contributed by atoms with Gasteiger partial charge in [-0.3, -0.25) is 4.79 Å². The molecule has 3 nitrogen and oxygen atoms in total. The maximum Gasteiger partial charge on any atom is 0.164 e. The second-order valence-corrected chi connectivity index (χ2v) is 4.95. The number of hydrogen-bond donors (Lipinski definition) is 0. The second-order valence-electron chi connectivity index (χ2n) is 4.95. The Bertz CT molecular complexity index is 402. The van der Waals surface area contributed by atoms with Gasteiger partial charge in [-0.2, -0.15) is 0 Å². The molecule has 0 radical (unpaired) electrons. The van der Waals surface area contributed by atoms with Crippen molar-refractivity contribution < 1.29 is 14.3 Å². The van der Waals surface area contributed by atoms with Crippen molar-refractivity contribution in [3.8, 4) is 5.75 Å². The lowest BCUT2D eigenvalue weighted by Gasteiger charge is -2.21. The summed E-state index contributed by atoms with van der Waals surface area (Å²) in [6.45, 7) is 2.63. The molecule has 0 aliphatic carbocycles. The SMILES string of the molecule is COc1ccc(CCC(=O)C2(C)CCCO2)cc1. The first kappa shape index (κ1) is 13.1. The van der Waals surface area contributed by atoms with Gasteiger partial charge in [-0.05, 0) is 43.9 Å². The van der Waals surface area contributed by atoms with E-state index in [1.54, 1.807) is 7.11 Å². The Balaban J connectivity index is 1.88. The Morgan fingerprint density at radius 1 is 1.39 bits per heavy atom. The van der Waals surface area contributed by atoms with Crippen molar-refractivity contribution in [2.24, 2.45) is 0 Å². The molecule has 0 N–H and O–H groups in total. The van der Waals surface area contributed by atoms with Crippen LogP contribution in [0.25, 0.3) is 0 Å². The Kier molecular flexibility index (Phi) is 4.02. The third-order valence-electron chi connectivity index (χ3n) is 3.61. The highest BCUT2D eigenvalue weighted by Gasteiger charge is 2.36. The summed E-state index contributed by atoms with van der Waals surface area (Å²) in [5.74, 6) is 1.06. The first-order chi connectivity index (χ1) is 8.64. The zero-order chi connectivity index (χ0) is 13.0. The fourth-order valence-electron chi connectivity index (χ4n) is 2.31. The van der Waals surface area contributed by atoms with Crippen LogP contribution in [0.1, 0.15) is 31.7 Å². The van der Waals surface area contributed by atoms with Crippen molar-refractivity contribution in [2.45, 2.75) is 38.2 Å². The fraction of sp³-hybridized carbons (Fsp3) is 0.533. The van der Waals surface area contributed by atoms with Gasteiger partial charge in [0.05, 0.1) is 7.11 Å². The number of ketones is 1. The molecule has 1 unspecified atom stereocenters. The standard InChI is InChI=1S/C15H20O3/c1-15(10-3-11-18-15)14(16)9-6-12-4-7-13(17-2)8-5-12/h4-5,7-8H,3,6,9-11H2,1-2H3. The molecule has 0 aromatic heterocycles. The highest BCUT2D eigenvalue weighted by molar-refractivity contribution is 5.87. The highest BCUT2D eigenvalue weighted by atomic mass is 16.5. The molecule has 1 aromatic carbocycles. The number of rotatable bonds is 5. The summed E-state index contributed by atoms with van der Waals surface area (Å²) in [6, 6.07) is 7.86. The van der Waals surface area contributed by atoms with E-state index in [9.17, 15) is 4.79 Å². The summed E-state index contributed by atoms with van der Waals surface area (Å²) >= 11 is 0. The van der Waals surface area contributed by atoms with E-state index in [4.69, 9.17) is 9.47 Å². The van der Waals surface area contributed by atoms with E-state index in [-0.39, 0.29) is 5.78 Å². The number of carbonyl (C=O) groups is 1. The molecule has 1 aliphatic rings. The number of aryl methyl sites for hydroxylation is 1. The van der Waals surface area contributed by atoms with Crippen LogP contribution in [-0.2, 0) is 16.0 Å². The molecule has 1 aromatic rings. The minimum absolute atomic E-state index is 0.218. The minimum Gasteiger partial charge on any atom is -0.497 e. The maximum atomic E-state index is 12.1. The predicted octanol–water partition coefficient (Wildman–Crippen LogP) is 2.77. The van der Waals surface area contributed by atoms with Gasteiger partial charge in [0.1, 0.15) is 11.4 Å². The number of methoxy groups -OCH3 is 1. The minimum atomic E-state index is -0.535. The summed E-state index contributed by atoms with van der Waals surface area (Å²) in [5, 5.41) is 0. The van der Waals surface area contributed by atoms with Gasteiger partial charge in [0.15, 0.2) is 5.78 Å². The van der Waals surface area contributed by atoms with Crippen LogP contribution in [-0.4, -0.2) is 25.1 Å². The first-order valence-electron chi connectivity index (χ1n) is 6.44. The van der Waals surface area contributed by atoms with E-state index in [1.807, 2.05) is 31.2 Å². The molecule has 0 bridgehead atoms. The molecule has 18 heavy (non-hydrogen) atoms. The van der Waals surface area contributed by atoms with Gasteiger partial charge >= 0.3 is 0 Å². The Hall–Kier alpha value is -1.35. The van der Waals surface area contributed by atoms with Crippen LogP contribution in [0, 0.1) is 0 Å². The van der Waals surface area contributed by atoms with Crippen molar-refractivity contribution in [3.05, 3.63) is 29.8 Å². The molecule has 98 valence electrons. The van der Waals surface area contributed by atoms with Crippen LogP contribution >= 0.6 is 0 Å². The summed E-state index contributed by atoms with van der Waals surface area (Å²) < 4.78 is 10.7. The Morgan fingerprint density at radius 2 is 2.11 bits per heavy atom. The van der Waals surface area contributed by atoms with Gasteiger partial charge in [0, 0.05) is 13.0 Å². The molecular formula is C15H20O3. The van der Waals surface area contributed by atoms with Gasteiger partial charge in [0.2, 0.25) is 0 Å². The molecule has 3 heteroatoms. The zero-order valence-electron chi connectivity index (χ0n) is 11.1. The van der Waals surface area contributed by atoms with Crippen LogP contribution < -0.4 is 4.74 Å². The van der Waals surface area contributed by atoms with E-state index in [2.05, 4.69) is 0 Å². The van der Waals surface area contributed by atoms with Gasteiger partial charge in [-0.15, -0.1) is 0 Å². The molecule has 0 saturated carbocycles. The molecular weight excluding hydrogens is 228 g/mol. The molecule has 1 atom stereocenters. The lowest BCUT2D eigenvalue weighted by Crippen LogP contribution is -2.34. The van der Waals surface area contributed by atoms with Crippen LogP contribution in [0.5, 0.6) is 5.75 Å². The van der Waals surface area contributed by atoms with E-state index in [0.29, 0.717) is 13.0 Å². The number of Topliss-reactive ketones (excluding diaryl/α,β-unsaturated/α-hetero) is 1. The number of ether oxygens (including phenoxy) is 2. The van der Waals surface area contributed by atoms with Gasteiger partial charge in [0.25, 0.3) is 0 Å². The third kappa shape index (κ3) is 2.91. The van der Waals surface area contributed by atoms with E-state index < -0.39 is 5.60 Å². The van der Waals surface area contributed by atoms with Crippen molar-refractivity contribution in [3.63, 3.8) is 0 Å². The monoisotopic (exact) mass is 248 g/mol. The average molecular weight is 248 g/mol. The van der Waals surface area contributed by atoms with Crippen molar-refractivity contribution in [2.75, 3.05) is 13.7 Å². The van der Waals surface area contributed by atoms with Crippen LogP contribution in [0.15, 0.2) is 24.3 Å². The number of benzene rings is 1. The van der Waals surface area contributed by atoms with Crippen molar-refractivity contribution in [1.82, 2.24) is 0 Å². The second kappa shape index (κ2) is 5.53. The molecule has 1 heterocycles. The van der Waals surface area contributed by atoms with E-state index in [1.165, 1.54) is 0 Å². The molecule has 0 amide bonds. The topological polar surface area (TPSA) is 35.5 Å². The van der Waals surface area contributed by atoms with Crippen molar-refractivity contribution in [1.29, 1.82) is 0 Å². The average Bonchev–Trinajstić information content (AvgIpc) is 2.85. The summed E-state index contributed by atoms with van der Waals surface area (Å²) in [4.78, 5) is 12.1. The maximum absolute atomic E-state index is 12.1. The molecule has 1 saturated heterocycles. The smallest absolute Gasteiger partial charge is 0.164 e. The fourth-order valence-corrected chi connectivity index (χ4v) is 2.31. The van der Waals surface area contributed by atoms with E-state index in [0.717, 1.165) is 30.6 Å². The van der Waals surface area contributed by atoms with Crippen molar-refractivity contribution >= 4 is 5.78 Å². The number of hydrogen-bond acceptors (Lipinski definition) is 3. The molecule has 2 rings (SSSR count). The lowest BCUT2D eigenvalue weighted by atomic mass is 9.93. The largest absolute Gasteiger partial charge is 0.497 e. The number of carbonyl (C=O) groups excluding carboxylic acids is 1. The van der Waals surface area contributed by atoms with Gasteiger partial charge in [-0.1, -0.05) is 12.1 Å². The van der Waals surface area contributed by atoms with E-state index >= 15 is 0 Å². The highest BCUT2D eigenvalue weighted by Crippen LogP contribution is 2.27. The van der Waals surface area contributed by atoms with Crippen LogP contribution in [0.3, 0.4) is 0 Å². The molecule has 0 spiro atoms. The van der Waals surface area contributed by atoms with Crippen LogP contribution in [0.4, 0.5) is 0 Å². The zero-order valence-corrected chi connectivity index (χ0v) is 11.1. The third-order valence-corrected chi connectivity index (χ3v) is 3.61. The molecule has 1 aliphatic heterocycles. The Labute approximate surface area is 108 Å². The first-order valence-corrected chi connectivity index (χ1v) is 6.44. The summed E-state index contributed by atoms with van der Waals surface area (Å²) in [7, 11) is 1.65. The summed E-state index contributed by atoms with van der Waals surface area (Å²) in [6.07, 6.45) is 3.16. The predicted molar refractivity (Wildman–Crippen MR) is 69.9 cm³/mol. The Morgan fingerprint density at radius 3 is 2.67 bits per heavy atom. The van der Waals surface area contributed by atoms with Gasteiger partial charge in [-0.25, -0.2) is 0 Å². The lowest BCUT2D eigenvalue weighted by molar-refractivity contribution is -0.137.